The van der Waals surface area contributed by atoms with Crippen LogP contribution in [0.15, 0.2) is 4.52 Å². The number of carbonyl (C=O) groups is 1. The highest BCUT2D eigenvalue weighted by Gasteiger charge is 2.27. The highest BCUT2D eigenvalue weighted by Crippen LogP contribution is 2.13. The predicted octanol–water partition coefficient (Wildman–Crippen LogP) is 0.549. The number of likely N-dealkylation sites (tertiary alicyclic amines) is 1. The van der Waals surface area contributed by atoms with Crippen molar-refractivity contribution in [2.24, 2.45) is 0 Å². The molecule has 2 amide bonds. The molecular formula is C14H23N5O3. The zero-order chi connectivity index (χ0) is 15.4. The van der Waals surface area contributed by atoms with Crippen LogP contribution in [0.3, 0.4) is 0 Å². The number of nitrogens with zero attached hydrogens (tertiary/aromatic N) is 5. The first-order chi connectivity index (χ1) is 10.8. The second kappa shape index (κ2) is 7.06. The Hall–Kier alpha value is -1.67. The number of ether oxygens (including phenoxy) is 1. The number of piperazine rings is 1. The summed E-state index contributed by atoms with van der Waals surface area (Å²) in [4.78, 5) is 22.7. The molecule has 0 saturated carbocycles. The Labute approximate surface area is 130 Å². The van der Waals surface area contributed by atoms with E-state index < -0.39 is 0 Å². The molecule has 0 atom stereocenters. The van der Waals surface area contributed by atoms with Gasteiger partial charge in [0, 0.05) is 46.4 Å². The van der Waals surface area contributed by atoms with Gasteiger partial charge in [-0.1, -0.05) is 5.16 Å². The van der Waals surface area contributed by atoms with Crippen LogP contribution in [-0.2, 0) is 17.9 Å². The van der Waals surface area contributed by atoms with Gasteiger partial charge in [0.2, 0.25) is 5.89 Å². The van der Waals surface area contributed by atoms with Gasteiger partial charge in [0.1, 0.15) is 6.61 Å². The number of urea groups is 1. The highest BCUT2D eigenvalue weighted by atomic mass is 16.5. The van der Waals surface area contributed by atoms with Crippen LogP contribution in [-0.4, -0.2) is 77.2 Å². The van der Waals surface area contributed by atoms with Crippen LogP contribution < -0.4 is 0 Å². The number of carbonyl (C=O) groups excluding carboxylic acids is 1. The molecule has 0 N–H and O–H groups in total. The summed E-state index contributed by atoms with van der Waals surface area (Å²) in [5.41, 5.74) is 0. The van der Waals surface area contributed by atoms with Crippen molar-refractivity contribution in [3.05, 3.63) is 11.7 Å². The molecule has 3 heterocycles. The maximum absolute atomic E-state index is 12.3. The molecule has 22 heavy (non-hydrogen) atoms. The summed E-state index contributed by atoms with van der Waals surface area (Å²) >= 11 is 0. The molecule has 0 aliphatic carbocycles. The lowest BCUT2D eigenvalue weighted by molar-refractivity contribution is 0.109. The standard InChI is InChI=1S/C14H23N5O3/c1-21-11-12-15-13(22-16-12)10-17-6-8-19(9-7-17)14(20)18-4-2-3-5-18/h2-11H2,1H3. The van der Waals surface area contributed by atoms with Crippen molar-refractivity contribution < 1.29 is 14.1 Å². The van der Waals surface area contributed by atoms with Crippen molar-refractivity contribution in [3.63, 3.8) is 0 Å². The van der Waals surface area contributed by atoms with E-state index in [9.17, 15) is 4.79 Å². The van der Waals surface area contributed by atoms with Crippen LogP contribution in [0.2, 0.25) is 0 Å². The quantitative estimate of drug-likeness (QED) is 0.808. The van der Waals surface area contributed by atoms with Gasteiger partial charge in [0.05, 0.1) is 6.54 Å². The topological polar surface area (TPSA) is 74.9 Å². The highest BCUT2D eigenvalue weighted by molar-refractivity contribution is 5.74. The molecule has 122 valence electrons. The van der Waals surface area contributed by atoms with Crippen LogP contribution in [0.4, 0.5) is 4.79 Å². The molecule has 0 spiro atoms. The van der Waals surface area contributed by atoms with E-state index in [0.29, 0.717) is 24.9 Å². The Bertz CT molecular complexity index is 492. The van der Waals surface area contributed by atoms with Gasteiger partial charge >= 0.3 is 6.03 Å². The normalized spacial score (nSPS) is 19.9. The summed E-state index contributed by atoms with van der Waals surface area (Å²) in [6, 6.07) is 0.192. The third-order valence-electron chi connectivity index (χ3n) is 4.16. The maximum Gasteiger partial charge on any atom is 0.320 e. The van der Waals surface area contributed by atoms with Gasteiger partial charge < -0.3 is 19.1 Å². The predicted molar refractivity (Wildman–Crippen MR) is 78.1 cm³/mol. The summed E-state index contributed by atoms with van der Waals surface area (Å²) in [7, 11) is 1.60. The molecule has 1 aromatic heterocycles. The number of rotatable bonds is 4. The Morgan fingerprint density at radius 3 is 2.50 bits per heavy atom. The van der Waals surface area contributed by atoms with Crippen LogP contribution >= 0.6 is 0 Å². The lowest BCUT2D eigenvalue weighted by Crippen LogP contribution is -2.52. The van der Waals surface area contributed by atoms with Gasteiger partial charge in [-0.2, -0.15) is 4.98 Å². The minimum Gasteiger partial charge on any atom is -0.377 e. The van der Waals surface area contributed by atoms with Crippen LogP contribution in [0.1, 0.15) is 24.6 Å². The van der Waals surface area contributed by atoms with Crippen molar-refractivity contribution in [3.8, 4) is 0 Å². The van der Waals surface area contributed by atoms with Crippen molar-refractivity contribution in [2.45, 2.75) is 26.0 Å². The Morgan fingerprint density at radius 2 is 1.82 bits per heavy atom. The van der Waals surface area contributed by atoms with Crippen LogP contribution in [0, 0.1) is 0 Å². The van der Waals surface area contributed by atoms with Gasteiger partial charge in [-0.25, -0.2) is 4.79 Å². The molecule has 1 aromatic rings. The van der Waals surface area contributed by atoms with Gasteiger partial charge in [0.25, 0.3) is 0 Å². The number of hydrogen-bond acceptors (Lipinski definition) is 6. The third-order valence-corrected chi connectivity index (χ3v) is 4.16. The van der Waals surface area contributed by atoms with E-state index in [-0.39, 0.29) is 6.03 Å². The summed E-state index contributed by atoms with van der Waals surface area (Å²) in [5.74, 6) is 1.17. The average molecular weight is 309 g/mol. The lowest BCUT2D eigenvalue weighted by atomic mass is 10.3. The first-order valence-electron chi connectivity index (χ1n) is 7.83. The molecule has 2 aliphatic heterocycles. The maximum atomic E-state index is 12.3. The Kier molecular flexibility index (Phi) is 4.89. The van der Waals surface area contributed by atoms with E-state index in [4.69, 9.17) is 9.26 Å². The smallest absolute Gasteiger partial charge is 0.320 e. The monoisotopic (exact) mass is 309 g/mol. The fraction of sp³-hybridized carbons (Fsp3) is 0.786. The van der Waals surface area contributed by atoms with Crippen LogP contribution in [0.25, 0.3) is 0 Å². The molecule has 0 bridgehead atoms. The summed E-state index contributed by atoms with van der Waals surface area (Å²) in [5, 5.41) is 3.86. The molecule has 0 radical (unpaired) electrons. The summed E-state index contributed by atoms with van der Waals surface area (Å²) in [6.07, 6.45) is 2.26. The molecule has 0 aromatic carbocycles. The SMILES string of the molecule is COCc1noc(CN2CCN(C(=O)N3CCCC3)CC2)n1. The molecule has 0 unspecified atom stereocenters. The van der Waals surface area contributed by atoms with E-state index >= 15 is 0 Å². The van der Waals surface area contributed by atoms with Gasteiger partial charge in [0.15, 0.2) is 5.82 Å². The van der Waals surface area contributed by atoms with Crippen molar-refractivity contribution in [2.75, 3.05) is 46.4 Å². The fourth-order valence-electron chi connectivity index (χ4n) is 2.94. The minimum absolute atomic E-state index is 0.192. The Balaban J connectivity index is 1.45. The summed E-state index contributed by atoms with van der Waals surface area (Å²) in [6.45, 7) is 5.99. The second-order valence-electron chi connectivity index (χ2n) is 5.78. The number of methoxy groups -OCH3 is 1. The zero-order valence-corrected chi connectivity index (χ0v) is 13.0. The molecular weight excluding hydrogens is 286 g/mol. The van der Waals surface area contributed by atoms with Crippen LogP contribution in [0.5, 0.6) is 0 Å². The van der Waals surface area contributed by atoms with E-state index in [2.05, 4.69) is 15.0 Å². The second-order valence-corrected chi connectivity index (χ2v) is 5.78. The average Bonchev–Trinajstić information content (AvgIpc) is 3.20. The van der Waals surface area contributed by atoms with E-state index in [1.165, 1.54) is 0 Å². The first-order valence-corrected chi connectivity index (χ1v) is 7.83. The number of amides is 2. The fourth-order valence-corrected chi connectivity index (χ4v) is 2.94. The van der Waals surface area contributed by atoms with Gasteiger partial charge in [-0.15, -0.1) is 0 Å². The van der Waals surface area contributed by atoms with Crippen molar-refractivity contribution in [1.82, 2.24) is 24.8 Å². The molecule has 2 saturated heterocycles. The Morgan fingerprint density at radius 1 is 1.14 bits per heavy atom. The number of aromatic nitrogens is 2. The van der Waals surface area contributed by atoms with E-state index in [0.717, 1.165) is 52.1 Å². The number of hydrogen-bond donors (Lipinski definition) is 0. The van der Waals surface area contributed by atoms with Gasteiger partial charge in [-0.05, 0) is 12.8 Å². The van der Waals surface area contributed by atoms with E-state index in [1.807, 2.05) is 9.80 Å². The zero-order valence-electron chi connectivity index (χ0n) is 13.0. The van der Waals surface area contributed by atoms with E-state index in [1.54, 1.807) is 7.11 Å². The van der Waals surface area contributed by atoms with Crippen molar-refractivity contribution >= 4 is 6.03 Å². The lowest BCUT2D eigenvalue weighted by Gasteiger charge is -2.36. The third kappa shape index (κ3) is 3.56. The molecule has 2 fully saturated rings. The molecule has 8 nitrogen and oxygen atoms in total. The van der Waals surface area contributed by atoms with Gasteiger partial charge in [-0.3, -0.25) is 4.90 Å². The molecule has 8 heteroatoms. The summed E-state index contributed by atoms with van der Waals surface area (Å²) < 4.78 is 10.2. The first kappa shape index (κ1) is 15.2. The minimum atomic E-state index is 0.192. The molecule has 2 aliphatic rings. The molecule has 3 rings (SSSR count). The largest absolute Gasteiger partial charge is 0.377 e. The van der Waals surface area contributed by atoms with Crippen molar-refractivity contribution in [1.29, 1.82) is 0 Å².